The van der Waals surface area contributed by atoms with Crippen molar-refractivity contribution in [2.45, 2.75) is 31.7 Å². The van der Waals surface area contributed by atoms with E-state index in [1.54, 1.807) is 0 Å². The standard InChI is InChI=1S/C11H15N3O4/c1-13-9(15)5-4-7(12-13)10(16)14-6-2-3-8(14)11(17)18/h8H,2-6H2,1H3,(H,17,18). The summed E-state index contributed by atoms with van der Waals surface area (Å²) in [6, 6.07) is -0.761. The van der Waals surface area contributed by atoms with Crippen LogP contribution in [0, 0.1) is 0 Å². The second-order valence-electron chi connectivity index (χ2n) is 4.46. The van der Waals surface area contributed by atoms with Gasteiger partial charge in [-0.05, 0) is 12.8 Å². The number of carbonyl (C=O) groups is 3. The molecule has 0 saturated carbocycles. The molecule has 1 saturated heterocycles. The third-order valence-corrected chi connectivity index (χ3v) is 3.25. The summed E-state index contributed by atoms with van der Waals surface area (Å²) in [5.74, 6) is -1.48. The van der Waals surface area contributed by atoms with Gasteiger partial charge in [0, 0.05) is 26.4 Å². The van der Waals surface area contributed by atoms with Crippen molar-refractivity contribution in [3.8, 4) is 0 Å². The maximum Gasteiger partial charge on any atom is 0.326 e. The first-order valence-electron chi connectivity index (χ1n) is 5.88. The van der Waals surface area contributed by atoms with Gasteiger partial charge in [-0.15, -0.1) is 0 Å². The van der Waals surface area contributed by atoms with Crippen LogP contribution in [0.3, 0.4) is 0 Å². The summed E-state index contributed by atoms with van der Waals surface area (Å²) < 4.78 is 0. The number of aliphatic carboxylic acids is 1. The lowest BCUT2D eigenvalue weighted by Gasteiger charge is -2.25. The van der Waals surface area contributed by atoms with E-state index in [0.29, 0.717) is 19.4 Å². The van der Waals surface area contributed by atoms with Crippen LogP contribution >= 0.6 is 0 Å². The minimum atomic E-state index is -0.985. The van der Waals surface area contributed by atoms with Gasteiger partial charge in [0.25, 0.3) is 5.91 Å². The molecule has 2 amide bonds. The first kappa shape index (κ1) is 12.5. The first-order chi connectivity index (χ1) is 8.50. The molecule has 1 N–H and O–H groups in total. The second kappa shape index (κ2) is 4.75. The van der Waals surface area contributed by atoms with Gasteiger partial charge in [0.1, 0.15) is 11.8 Å². The van der Waals surface area contributed by atoms with E-state index in [1.807, 2.05) is 0 Å². The van der Waals surface area contributed by atoms with Gasteiger partial charge >= 0.3 is 5.97 Å². The molecule has 0 aromatic rings. The molecule has 18 heavy (non-hydrogen) atoms. The third kappa shape index (κ3) is 2.20. The zero-order chi connectivity index (χ0) is 13.3. The maximum atomic E-state index is 12.2. The number of carboxylic acid groups (broad SMARTS) is 1. The fourth-order valence-corrected chi connectivity index (χ4v) is 2.26. The molecule has 7 heteroatoms. The smallest absolute Gasteiger partial charge is 0.326 e. The van der Waals surface area contributed by atoms with Crippen LogP contribution in [-0.4, -0.2) is 58.1 Å². The van der Waals surface area contributed by atoms with Gasteiger partial charge in [-0.25, -0.2) is 9.80 Å². The summed E-state index contributed by atoms with van der Waals surface area (Å²) in [5, 5.41) is 14.1. The molecule has 0 radical (unpaired) electrons. The van der Waals surface area contributed by atoms with Crippen molar-refractivity contribution in [1.82, 2.24) is 9.91 Å². The quantitative estimate of drug-likeness (QED) is 0.729. The molecule has 0 aromatic heterocycles. The van der Waals surface area contributed by atoms with E-state index in [2.05, 4.69) is 5.10 Å². The van der Waals surface area contributed by atoms with Crippen LogP contribution in [0.2, 0.25) is 0 Å². The highest BCUT2D eigenvalue weighted by Gasteiger charge is 2.36. The molecule has 2 rings (SSSR count). The Morgan fingerprint density at radius 1 is 1.39 bits per heavy atom. The summed E-state index contributed by atoms with van der Waals surface area (Å²) in [5.41, 5.74) is 0.269. The number of likely N-dealkylation sites (tertiary alicyclic amines) is 1. The number of hydrogen-bond acceptors (Lipinski definition) is 4. The maximum absolute atomic E-state index is 12.2. The molecule has 0 aliphatic carbocycles. The predicted molar refractivity (Wildman–Crippen MR) is 61.8 cm³/mol. The number of amides is 2. The minimum absolute atomic E-state index is 0.136. The van der Waals surface area contributed by atoms with Gasteiger partial charge in [0.15, 0.2) is 0 Å². The number of carboxylic acids is 1. The Labute approximate surface area is 104 Å². The van der Waals surface area contributed by atoms with E-state index in [0.717, 1.165) is 5.01 Å². The average molecular weight is 253 g/mol. The van der Waals surface area contributed by atoms with Crippen molar-refractivity contribution < 1.29 is 19.5 Å². The van der Waals surface area contributed by atoms with E-state index >= 15 is 0 Å². The van der Waals surface area contributed by atoms with Crippen molar-refractivity contribution in [3.05, 3.63) is 0 Å². The van der Waals surface area contributed by atoms with E-state index < -0.39 is 12.0 Å². The Bertz CT molecular complexity index is 432. The molecular weight excluding hydrogens is 238 g/mol. The largest absolute Gasteiger partial charge is 0.480 e. The van der Waals surface area contributed by atoms with Crippen molar-refractivity contribution in [2.24, 2.45) is 5.10 Å². The highest BCUT2D eigenvalue weighted by atomic mass is 16.4. The fraction of sp³-hybridized carbons (Fsp3) is 0.636. The topological polar surface area (TPSA) is 90.3 Å². The van der Waals surface area contributed by atoms with Gasteiger partial charge in [-0.2, -0.15) is 5.10 Å². The monoisotopic (exact) mass is 253 g/mol. The van der Waals surface area contributed by atoms with Gasteiger partial charge < -0.3 is 10.0 Å². The van der Waals surface area contributed by atoms with Gasteiger partial charge in [0.05, 0.1) is 0 Å². The van der Waals surface area contributed by atoms with Crippen molar-refractivity contribution >= 4 is 23.5 Å². The highest BCUT2D eigenvalue weighted by Crippen LogP contribution is 2.19. The van der Waals surface area contributed by atoms with E-state index in [-0.39, 0.29) is 30.4 Å². The predicted octanol–water partition coefficient (Wildman–Crippen LogP) is -0.330. The summed E-state index contributed by atoms with van der Waals surface area (Å²) in [7, 11) is 1.49. The molecule has 0 bridgehead atoms. The Morgan fingerprint density at radius 2 is 2.11 bits per heavy atom. The zero-order valence-corrected chi connectivity index (χ0v) is 10.1. The zero-order valence-electron chi connectivity index (χ0n) is 10.1. The first-order valence-corrected chi connectivity index (χ1v) is 5.88. The van der Waals surface area contributed by atoms with Crippen LogP contribution < -0.4 is 0 Å². The lowest BCUT2D eigenvalue weighted by Crippen LogP contribution is -2.45. The molecule has 1 unspecified atom stereocenters. The normalized spacial score (nSPS) is 24.2. The minimum Gasteiger partial charge on any atom is -0.480 e. The molecule has 1 atom stereocenters. The Balaban J connectivity index is 2.14. The molecule has 0 aromatic carbocycles. The Kier molecular flexibility index (Phi) is 3.31. The Hall–Kier alpha value is -1.92. The van der Waals surface area contributed by atoms with Crippen molar-refractivity contribution in [3.63, 3.8) is 0 Å². The summed E-state index contributed by atoms with van der Waals surface area (Å²) in [4.78, 5) is 35.8. The molecule has 1 fully saturated rings. The molecular formula is C11H15N3O4. The van der Waals surface area contributed by atoms with Gasteiger partial charge in [-0.1, -0.05) is 0 Å². The van der Waals surface area contributed by atoms with Gasteiger partial charge in [0.2, 0.25) is 5.91 Å². The summed E-state index contributed by atoms with van der Waals surface area (Å²) in [6.45, 7) is 0.437. The average Bonchev–Trinajstić information content (AvgIpc) is 2.81. The van der Waals surface area contributed by atoms with E-state index in [9.17, 15) is 14.4 Å². The van der Waals surface area contributed by atoms with Crippen LogP contribution in [0.25, 0.3) is 0 Å². The van der Waals surface area contributed by atoms with E-state index in [4.69, 9.17) is 5.11 Å². The molecule has 2 aliphatic heterocycles. The molecule has 2 aliphatic rings. The van der Waals surface area contributed by atoms with Gasteiger partial charge in [-0.3, -0.25) is 9.59 Å². The Morgan fingerprint density at radius 3 is 2.72 bits per heavy atom. The molecule has 2 heterocycles. The molecule has 0 spiro atoms. The number of hydrogen-bond donors (Lipinski definition) is 1. The second-order valence-corrected chi connectivity index (χ2v) is 4.46. The number of nitrogens with zero attached hydrogens (tertiary/aromatic N) is 3. The summed E-state index contributed by atoms with van der Waals surface area (Å²) >= 11 is 0. The lowest BCUT2D eigenvalue weighted by molar-refractivity contribution is -0.146. The van der Waals surface area contributed by atoms with Crippen LogP contribution in [0.5, 0.6) is 0 Å². The highest BCUT2D eigenvalue weighted by molar-refractivity contribution is 6.39. The van der Waals surface area contributed by atoms with Crippen LogP contribution in [0.15, 0.2) is 5.10 Å². The lowest BCUT2D eigenvalue weighted by atomic mass is 10.1. The van der Waals surface area contributed by atoms with Crippen LogP contribution in [0.1, 0.15) is 25.7 Å². The summed E-state index contributed by atoms with van der Waals surface area (Å²) in [6.07, 6.45) is 1.69. The molecule has 98 valence electrons. The number of rotatable bonds is 2. The SMILES string of the molecule is CN1N=C(C(=O)N2CCCC2C(=O)O)CCC1=O. The third-order valence-electron chi connectivity index (χ3n) is 3.25. The number of carbonyl (C=O) groups excluding carboxylic acids is 2. The van der Waals surface area contributed by atoms with Crippen molar-refractivity contribution in [1.29, 1.82) is 0 Å². The van der Waals surface area contributed by atoms with Crippen LogP contribution in [-0.2, 0) is 14.4 Å². The molecule has 7 nitrogen and oxygen atoms in total. The van der Waals surface area contributed by atoms with E-state index in [1.165, 1.54) is 11.9 Å². The fourth-order valence-electron chi connectivity index (χ4n) is 2.26. The number of hydrazone groups is 1. The van der Waals surface area contributed by atoms with Crippen LogP contribution in [0.4, 0.5) is 0 Å². The van der Waals surface area contributed by atoms with Crippen molar-refractivity contribution in [2.75, 3.05) is 13.6 Å².